The second-order valence-corrected chi connectivity index (χ2v) is 5.08. The third kappa shape index (κ3) is 3.57. The minimum Gasteiger partial charge on any atom is -0.481 e. The predicted molar refractivity (Wildman–Crippen MR) is 73.2 cm³/mol. The molecule has 2 rings (SSSR count). The molecule has 1 aliphatic heterocycles. The van der Waals surface area contributed by atoms with Gasteiger partial charge in [-0.25, -0.2) is 0 Å². The molecule has 1 heterocycles. The first-order valence-electron chi connectivity index (χ1n) is 6.73. The van der Waals surface area contributed by atoms with Crippen molar-refractivity contribution in [3.05, 3.63) is 35.4 Å². The lowest BCUT2D eigenvalue weighted by Gasteiger charge is -2.21. The SMILES string of the molecule is Cc1ccccc1C(CC(=O)O)NC(=O)C1CCOC1. The minimum absolute atomic E-state index is 0.121. The zero-order valence-electron chi connectivity index (χ0n) is 11.5. The number of hydrogen-bond donors (Lipinski definition) is 2. The fourth-order valence-electron chi connectivity index (χ4n) is 2.42. The van der Waals surface area contributed by atoms with Crippen LogP contribution in [-0.4, -0.2) is 30.2 Å². The average molecular weight is 277 g/mol. The van der Waals surface area contributed by atoms with Crippen molar-refractivity contribution in [2.45, 2.75) is 25.8 Å². The lowest BCUT2D eigenvalue weighted by molar-refractivity contribution is -0.137. The first-order chi connectivity index (χ1) is 9.58. The maximum Gasteiger partial charge on any atom is 0.305 e. The molecule has 1 aliphatic rings. The molecular weight excluding hydrogens is 258 g/mol. The molecule has 20 heavy (non-hydrogen) atoms. The number of nitrogens with one attached hydrogen (secondary N) is 1. The van der Waals surface area contributed by atoms with Gasteiger partial charge in [-0.3, -0.25) is 9.59 Å². The molecule has 0 spiro atoms. The van der Waals surface area contributed by atoms with Gasteiger partial charge in [-0.15, -0.1) is 0 Å². The molecular formula is C15H19NO4. The Balaban J connectivity index is 2.13. The molecule has 0 aliphatic carbocycles. The number of hydrogen-bond acceptors (Lipinski definition) is 3. The van der Waals surface area contributed by atoms with Gasteiger partial charge >= 0.3 is 5.97 Å². The van der Waals surface area contributed by atoms with E-state index in [0.717, 1.165) is 11.1 Å². The van der Waals surface area contributed by atoms with Gasteiger partial charge in [0.05, 0.1) is 25.0 Å². The Bertz CT molecular complexity index is 494. The molecule has 0 saturated carbocycles. The fraction of sp³-hybridized carbons (Fsp3) is 0.467. The molecule has 2 atom stereocenters. The molecule has 5 nitrogen and oxygen atoms in total. The highest BCUT2D eigenvalue weighted by molar-refractivity contribution is 5.80. The normalized spacial score (nSPS) is 19.6. The predicted octanol–water partition coefficient (Wildman–Crippen LogP) is 1.66. The lowest BCUT2D eigenvalue weighted by atomic mass is 9.97. The van der Waals surface area contributed by atoms with Gasteiger partial charge in [-0.1, -0.05) is 24.3 Å². The van der Waals surface area contributed by atoms with Crippen LogP contribution in [0.15, 0.2) is 24.3 Å². The van der Waals surface area contributed by atoms with Crippen LogP contribution in [0.4, 0.5) is 0 Å². The second kappa shape index (κ2) is 6.52. The van der Waals surface area contributed by atoms with Crippen molar-refractivity contribution in [1.29, 1.82) is 0 Å². The van der Waals surface area contributed by atoms with Gasteiger partial charge in [0.25, 0.3) is 0 Å². The van der Waals surface area contributed by atoms with Crippen LogP contribution >= 0.6 is 0 Å². The Morgan fingerprint density at radius 1 is 1.45 bits per heavy atom. The van der Waals surface area contributed by atoms with Crippen molar-refractivity contribution >= 4 is 11.9 Å². The van der Waals surface area contributed by atoms with Crippen molar-refractivity contribution in [3.63, 3.8) is 0 Å². The molecule has 1 aromatic carbocycles. The number of amides is 1. The Labute approximate surface area is 117 Å². The number of ether oxygens (including phenoxy) is 1. The van der Waals surface area contributed by atoms with Gasteiger partial charge in [0.2, 0.25) is 5.91 Å². The van der Waals surface area contributed by atoms with Crippen LogP contribution in [0.25, 0.3) is 0 Å². The van der Waals surface area contributed by atoms with Crippen LogP contribution < -0.4 is 5.32 Å². The molecule has 0 aromatic heterocycles. The largest absolute Gasteiger partial charge is 0.481 e. The first-order valence-corrected chi connectivity index (χ1v) is 6.73. The smallest absolute Gasteiger partial charge is 0.305 e. The maximum atomic E-state index is 12.1. The number of carbonyl (C=O) groups is 2. The fourth-order valence-corrected chi connectivity index (χ4v) is 2.42. The van der Waals surface area contributed by atoms with Crippen molar-refractivity contribution in [2.24, 2.45) is 5.92 Å². The highest BCUT2D eigenvalue weighted by Gasteiger charge is 2.27. The third-order valence-electron chi connectivity index (χ3n) is 3.56. The standard InChI is InChI=1S/C15H19NO4/c1-10-4-2-3-5-12(10)13(8-14(17)18)16-15(19)11-6-7-20-9-11/h2-5,11,13H,6-9H2,1H3,(H,16,19)(H,17,18). The number of carboxylic acids is 1. The summed E-state index contributed by atoms with van der Waals surface area (Å²) in [5, 5.41) is 11.9. The monoisotopic (exact) mass is 277 g/mol. The quantitative estimate of drug-likeness (QED) is 0.858. The zero-order valence-corrected chi connectivity index (χ0v) is 11.5. The van der Waals surface area contributed by atoms with E-state index >= 15 is 0 Å². The van der Waals surface area contributed by atoms with Crippen molar-refractivity contribution in [3.8, 4) is 0 Å². The van der Waals surface area contributed by atoms with E-state index in [2.05, 4.69) is 5.32 Å². The van der Waals surface area contributed by atoms with Crippen LogP contribution in [0.1, 0.15) is 30.0 Å². The number of rotatable bonds is 5. The topological polar surface area (TPSA) is 75.6 Å². The minimum atomic E-state index is -0.929. The molecule has 2 unspecified atom stereocenters. The highest BCUT2D eigenvalue weighted by atomic mass is 16.5. The Morgan fingerprint density at radius 3 is 2.80 bits per heavy atom. The number of carbonyl (C=O) groups excluding carboxylic acids is 1. The highest BCUT2D eigenvalue weighted by Crippen LogP contribution is 2.22. The molecule has 1 amide bonds. The van der Waals surface area contributed by atoms with E-state index in [1.165, 1.54) is 0 Å². The molecule has 1 saturated heterocycles. The second-order valence-electron chi connectivity index (χ2n) is 5.08. The van der Waals surface area contributed by atoms with Crippen molar-refractivity contribution in [2.75, 3.05) is 13.2 Å². The lowest BCUT2D eigenvalue weighted by Crippen LogP contribution is -2.35. The maximum absolute atomic E-state index is 12.1. The van der Waals surface area contributed by atoms with Gasteiger partial charge < -0.3 is 15.2 Å². The summed E-state index contributed by atoms with van der Waals surface area (Å²) in [4.78, 5) is 23.2. The summed E-state index contributed by atoms with van der Waals surface area (Å²) >= 11 is 0. The molecule has 1 aromatic rings. The molecule has 2 N–H and O–H groups in total. The third-order valence-corrected chi connectivity index (χ3v) is 3.56. The Hall–Kier alpha value is -1.88. The number of benzene rings is 1. The van der Waals surface area contributed by atoms with E-state index in [4.69, 9.17) is 9.84 Å². The summed E-state index contributed by atoms with van der Waals surface area (Å²) in [5.74, 6) is -1.23. The van der Waals surface area contributed by atoms with E-state index in [9.17, 15) is 9.59 Å². The van der Waals surface area contributed by atoms with E-state index in [1.807, 2.05) is 31.2 Å². The van der Waals surface area contributed by atoms with Crippen LogP contribution in [0.2, 0.25) is 0 Å². The molecule has 0 radical (unpaired) electrons. The summed E-state index contributed by atoms with van der Waals surface area (Å²) in [5.41, 5.74) is 1.82. The van der Waals surface area contributed by atoms with Gasteiger partial charge in [0.1, 0.15) is 0 Å². The van der Waals surface area contributed by atoms with Gasteiger partial charge in [0.15, 0.2) is 0 Å². The summed E-state index contributed by atoms with van der Waals surface area (Å²) < 4.78 is 5.19. The van der Waals surface area contributed by atoms with E-state index in [0.29, 0.717) is 19.6 Å². The molecule has 108 valence electrons. The zero-order chi connectivity index (χ0) is 14.5. The average Bonchev–Trinajstić information content (AvgIpc) is 2.92. The van der Waals surface area contributed by atoms with Gasteiger partial charge in [0, 0.05) is 6.61 Å². The van der Waals surface area contributed by atoms with Gasteiger partial charge in [-0.2, -0.15) is 0 Å². The number of aliphatic carboxylic acids is 1. The molecule has 0 bridgehead atoms. The Morgan fingerprint density at radius 2 is 2.20 bits per heavy atom. The van der Waals surface area contributed by atoms with E-state index in [1.54, 1.807) is 0 Å². The van der Waals surface area contributed by atoms with Crippen LogP contribution in [0.3, 0.4) is 0 Å². The summed E-state index contributed by atoms with van der Waals surface area (Å²) in [6.07, 6.45) is 0.573. The van der Waals surface area contributed by atoms with E-state index in [-0.39, 0.29) is 18.2 Å². The van der Waals surface area contributed by atoms with Crippen LogP contribution in [0.5, 0.6) is 0 Å². The summed E-state index contributed by atoms with van der Waals surface area (Å²) in [6, 6.07) is 7.01. The number of carboxylic acid groups (broad SMARTS) is 1. The number of aryl methyl sites for hydroxylation is 1. The molecule has 1 fully saturated rings. The van der Waals surface area contributed by atoms with Crippen molar-refractivity contribution in [1.82, 2.24) is 5.32 Å². The van der Waals surface area contributed by atoms with Gasteiger partial charge in [-0.05, 0) is 24.5 Å². The first kappa shape index (κ1) is 14.5. The molecule has 5 heteroatoms. The Kier molecular flexibility index (Phi) is 4.74. The summed E-state index contributed by atoms with van der Waals surface area (Å²) in [6.45, 7) is 2.92. The van der Waals surface area contributed by atoms with Crippen LogP contribution in [-0.2, 0) is 14.3 Å². The van der Waals surface area contributed by atoms with E-state index < -0.39 is 12.0 Å². The van der Waals surface area contributed by atoms with Crippen molar-refractivity contribution < 1.29 is 19.4 Å². The summed E-state index contributed by atoms with van der Waals surface area (Å²) in [7, 11) is 0. The van der Waals surface area contributed by atoms with Crippen LogP contribution in [0, 0.1) is 12.8 Å².